The Bertz CT molecular complexity index is 1020. The number of nitrogens with zero attached hydrogens (tertiary/aromatic N) is 2. The first kappa shape index (κ1) is 17.9. The summed E-state index contributed by atoms with van der Waals surface area (Å²) in [6.07, 6.45) is 0. The lowest BCUT2D eigenvalue weighted by molar-refractivity contribution is 0.211. The number of hydrogen-bond donors (Lipinski definition) is 2. The predicted octanol–water partition coefficient (Wildman–Crippen LogP) is 3.94. The van der Waals surface area contributed by atoms with Crippen molar-refractivity contribution in [1.29, 1.82) is 0 Å². The van der Waals surface area contributed by atoms with Crippen LogP contribution in [0, 0.1) is 6.92 Å². The molecule has 1 aromatic heterocycles. The Balaban J connectivity index is 1.82. The van der Waals surface area contributed by atoms with Gasteiger partial charge in [0.15, 0.2) is 0 Å². The average molecular weight is 371 g/mol. The van der Waals surface area contributed by atoms with E-state index in [9.17, 15) is 9.59 Å². The summed E-state index contributed by atoms with van der Waals surface area (Å²) in [5, 5.41) is 3.83. The van der Waals surface area contributed by atoms with Gasteiger partial charge in [0.05, 0.1) is 17.4 Å². The maximum atomic E-state index is 12.5. The molecule has 0 aliphatic rings. The number of anilines is 1. The zero-order valence-corrected chi connectivity index (χ0v) is 15.3. The van der Waals surface area contributed by atoms with Gasteiger partial charge in [-0.3, -0.25) is 4.79 Å². The maximum absolute atomic E-state index is 12.5. The summed E-state index contributed by atoms with van der Waals surface area (Å²) in [5.74, 6) is 0.408. The number of aryl methyl sites for hydroxylation is 1. The van der Waals surface area contributed by atoms with E-state index in [4.69, 9.17) is 11.6 Å². The zero-order chi connectivity index (χ0) is 18.7. The number of rotatable bonds is 4. The maximum Gasteiger partial charge on any atom is 0.322 e. The highest BCUT2D eigenvalue weighted by Crippen LogP contribution is 2.15. The molecule has 26 heavy (non-hydrogen) atoms. The van der Waals surface area contributed by atoms with Crippen LogP contribution in [-0.4, -0.2) is 27.4 Å². The third-order valence-corrected chi connectivity index (χ3v) is 4.23. The fourth-order valence-electron chi connectivity index (χ4n) is 2.67. The molecular weight excluding hydrogens is 352 g/mol. The highest BCUT2D eigenvalue weighted by Gasteiger charge is 2.14. The summed E-state index contributed by atoms with van der Waals surface area (Å²) in [7, 11) is 0. The highest BCUT2D eigenvalue weighted by atomic mass is 35.5. The van der Waals surface area contributed by atoms with Crippen LogP contribution in [0.5, 0.6) is 0 Å². The van der Waals surface area contributed by atoms with Crippen molar-refractivity contribution in [3.8, 4) is 0 Å². The summed E-state index contributed by atoms with van der Waals surface area (Å²) >= 11 is 5.98. The molecule has 0 fully saturated rings. The van der Waals surface area contributed by atoms with E-state index in [1.807, 2.05) is 38.1 Å². The molecule has 7 heteroatoms. The van der Waals surface area contributed by atoms with Crippen molar-refractivity contribution in [3.05, 3.63) is 69.2 Å². The number of carbonyl (C=O) groups is 1. The number of aromatic amines is 1. The van der Waals surface area contributed by atoms with E-state index in [1.54, 1.807) is 23.1 Å². The van der Waals surface area contributed by atoms with E-state index in [0.29, 0.717) is 28.3 Å². The number of carbonyl (C=O) groups excluding carboxylic acids is 1. The van der Waals surface area contributed by atoms with Crippen LogP contribution in [0.3, 0.4) is 0 Å². The number of aromatic nitrogens is 2. The Morgan fingerprint density at radius 2 is 2.08 bits per heavy atom. The third-order valence-electron chi connectivity index (χ3n) is 4.00. The standard InChI is InChI=1S/C19H19ClN4O2/c1-3-24(19(26)21-14-6-4-5-12(2)9-14)11-17-22-16-10-13(20)7-8-15(16)18(25)23-17/h4-10H,3,11H2,1-2H3,(H,21,26)(H,22,23,25). The number of benzene rings is 2. The Morgan fingerprint density at radius 1 is 1.27 bits per heavy atom. The molecule has 0 unspecified atom stereocenters. The van der Waals surface area contributed by atoms with E-state index in [-0.39, 0.29) is 18.1 Å². The first-order chi connectivity index (χ1) is 12.5. The first-order valence-electron chi connectivity index (χ1n) is 8.27. The van der Waals surface area contributed by atoms with Gasteiger partial charge in [-0.1, -0.05) is 23.7 Å². The minimum absolute atomic E-state index is 0.186. The minimum Gasteiger partial charge on any atom is -0.317 e. The van der Waals surface area contributed by atoms with Gasteiger partial charge >= 0.3 is 6.03 Å². The fraction of sp³-hybridized carbons (Fsp3) is 0.211. The molecule has 2 N–H and O–H groups in total. The van der Waals surface area contributed by atoms with Crippen LogP contribution in [0.1, 0.15) is 18.3 Å². The number of hydrogen-bond acceptors (Lipinski definition) is 3. The van der Waals surface area contributed by atoms with Crippen molar-refractivity contribution in [2.45, 2.75) is 20.4 Å². The van der Waals surface area contributed by atoms with Crippen LogP contribution in [0.15, 0.2) is 47.3 Å². The number of urea groups is 1. The Kier molecular flexibility index (Phi) is 5.23. The topological polar surface area (TPSA) is 78.1 Å². The van der Waals surface area contributed by atoms with Crippen molar-refractivity contribution < 1.29 is 4.79 Å². The molecular formula is C19H19ClN4O2. The van der Waals surface area contributed by atoms with Gasteiger partial charge in [0, 0.05) is 17.3 Å². The molecule has 0 bridgehead atoms. The molecule has 134 valence electrons. The van der Waals surface area contributed by atoms with Crippen LogP contribution in [0.25, 0.3) is 10.9 Å². The SMILES string of the molecule is CCN(Cc1nc2cc(Cl)ccc2c(=O)[nH]1)C(=O)Nc1cccc(C)c1. The van der Waals surface area contributed by atoms with Gasteiger partial charge < -0.3 is 15.2 Å². The van der Waals surface area contributed by atoms with Crippen molar-refractivity contribution in [1.82, 2.24) is 14.9 Å². The second-order valence-electron chi connectivity index (χ2n) is 5.99. The normalized spacial score (nSPS) is 10.7. The summed E-state index contributed by atoms with van der Waals surface area (Å²) in [5.41, 5.74) is 2.03. The van der Waals surface area contributed by atoms with Crippen molar-refractivity contribution in [3.63, 3.8) is 0 Å². The molecule has 0 saturated carbocycles. The molecule has 2 amide bonds. The van der Waals surface area contributed by atoms with Crippen molar-refractivity contribution in [2.24, 2.45) is 0 Å². The second-order valence-corrected chi connectivity index (χ2v) is 6.42. The van der Waals surface area contributed by atoms with Crippen LogP contribution < -0.4 is 10.9 Å². The van der Waals surface area contributed by atoms with E-state index in [1.165, 1.54) is 0 Å². The number of H-pyrrole nitrogens is 1. The molecule has 2 aromatic carbocycles. The summed E-state index contributed by atoms with van der Waals surface area (Å²) in [6.45, 7) is 4.48. The first-order valence-corrected chi connectivity index (χ1v) is 8.65. The summed E-state index contributed by atoms with van der Waals surface area (Å²) in [6, 6.07) is 12.2. The second kappa shape index (κ2) is 7.58. The molecule has 0 aliphatic carbocycles. The average Bonchev–Trinajstić information content (AvgIpc) is 2.59. The highest BCUT2D eigenvalue weighted by molar-refractivity contribution is 6.31. The predicted molar refractivity (Wildman–Crippen MR) is 104 cm³/mol. The summed E-state index contributed by atoms with van der Waals surface area (Å²) < 4.78 is 0. The molecule has 0 radical (unpaired) electrons. The van der Waals surface area contributed by atoms with Crippen molar-refractivity contribution in [2.75, 3.05) is 11.9 Å². The van der Waals surface area contributed by atoms with Gasteiger partial charge in [0.2, 0.25) is 0 Å². The van der Waals surface area contributed by atoms with E-state index >= 15 is 0 Å². The van der Waals surface area contributed by atoms with E-state index in [2.05, 4.69) is 15.3 Å². The monoisotopic (exact) mass is 370 g/mol. The Labute approximate surface area is 155 Å². The van der Waals surface area contributed by atoms with Gasteiger partial charge in [0.25, 0.3) is 5.56 Å². The minimum atomic E-state index is -0.257. The fourth-order valence-corrected chi connectivity index (χ4v) is 2.84. The van der Waals surface area contributed by atoms with Gasteiger partial charge in [-0.05, 0) is 49.7 Å². The van der Waals surface area contributed by atoms with Gasteiger partial charge in [0.1, 0.15) is 5.82 Å². The molecule has 0 saturated heterocycles. The lowest BCUT2D eigenvalue weighted by Gasteiger charge is -2.21. The van der Waals surface area contributed by atoms with E-state index < -0.39 is 0 Å². The number of fused-ring (bicyclic) bond motifs is 1. The third kappa shape index (κ3) is 4.03. The molecule has 0 aliphatic heterocycles. The molecule has 0 spiro atoms. The van der Waals surface area contributed by atoms with Gasteiger partial charge in [-0.25, -0.2) is 9.78 Å². The van der Waals surface area contributed by atoms with Crippen LogP contribution in [0.2, 0.25) is 5.02 Å². The molecule has 0 atom stereocenters. The molecule has 1 heterocycles. The van der Waals surface area contributed by atoms with Gasteiger partial charge in [-0.2, -0.15) is 0 Å². The van der Waals surface area contributed by atoms with Crippen LogP contribution in [-0.2, 0) is 6.54 Å². The quantitative estimate of drug-likeness (QED) is 0.730. The zero-order valence-electron chi connectivity index (χ0n) is 14.5. The summed E-state index contributed by atoms with van der Waals surface area (Å²) in [4.78, 5) is 33.5. The number of amides is 2. The molecule has 3 rings (SSSR count). The van der Waals surface area contributed by atoms with Crippen molar-refractivity contribution >= 4 is 34.2 Å². The lowest BCUT2D eigenvalue weighted by Crippen LogP contribution is -2.35. The number of halogens is 1. The Hall–Kier alpha value is -2.86. The smallest absolute Gasteiger partial charge is 0.317 e. The van der Waals surface area contributed by atoms with E-state index in [0.717, 1.165) is 11.3 Å². The largest absolute Gasteiger partial charge is 0.322 e. The lowest BCUT2D eigenvalue weighted by atomic mass is 10.2. The van der Waals surface area contributed by atoms with Crippen LogP contribution >= 0.6 is 11.6 Å². The van der Waals surface area contributed by atoms with Gasteiger partial charge in [-0.15, -0.1) is 0 Å². The molecule has 3 aromatic rings. The molecule has 6 nitrogen and oxygen atoms in total. The Morgan fingerprint density at radius 3 is 2.81 bits per heavy atom. The number of nitrogens with one attached hydrogen (secondary N) is 2. The van der Waals surface area contributed by atoms with Crippen LogP contribution in [0.4, 0.5) is 10.5 Å².